The quantitative estimate of drug-likeness (QED) is 0.799. The molecule has 0 bridgehead atoms. The van der Waals surface area contributed by atoms with E-state index in [2.05, 4.69) is 5.32 Å². The minimum atomic E-state index is 0.0803. The fraction of sp³-hybridized carbons (Fsp3) is 0.538. The van der Waals surface area contributed by atoms with Gasteiger partial charge in [-0.25, -0.2) is 0 Å². The lowest BCUT2D eigenvalue weighted by Crippen LogP contribution is -2.47. The zero-order valence-electron chi connectivity index (χ0n) is 9.70. The Labute approximate surface area is 96.4 Å². The Hall–Kier alpha value is -1.06. The molecule has 88 valence electrons. The molecule has 0 amide bonds. The summed E-state index contributed by atoms with van der Waals surface area (Å²) in [6.45, 7) is 1.73. The van der Waals surface area contributed by atoms with Crippen LogP contribution in [0.15, 0.2) is 24.3 Å². The fourth-order valence-electron chi connectivity index (χ4n) is 2.07. The molecular weight excluding hydrogens is 202 g/mol. The van der Waals surface area contributed by atoms with Crippen LogP contribution in [0, 0.1) is 0 Å². The van der Waals surface area contributed by atoms with Gasteiger partial charge in [0.05, 0.1) is 5.60 Å². The van der Waals surface area contributed by atoms with Gasteiger partial charge in [0, 0.05) is 20.2 Å². The summed E-state index contributed by atoms with van der Waals surface area (Å²) in [4.78, 5) is 0. The second-order valence-electron chi connectivity index (χ2n) is 4.51. The molecule has 0 heterocycles. The third-order valence-corrected chi connectivity index (χ3v) is 3.41. The highest BCUT2D eigenvalue weighted by Gasteiger charge is 2.36. The minimum Gasteiger partial charge on any atom is -0.508 e. The largest absolute Gasteiger partial charge is 0.508 e. The van der Waals surface area contributed by atoms with E-state index in [9.17, 15) is 0 Å². The van der Waals surface area contributed by atoms with Gasteiger partial charge < -0.3 is 15.2 Å². The Morgan fingerprint density at radius 2 is 2.00 bits per heavy atom. The Morgan fingerprint density at radius 1 is 1.31 bits per heavy atom. The molecule has 0 saturated heterocycles. The minimum absolute atomic E-state index is 0.0803. The lowest BCUT2D eigenvalue weighted by atomic mass is 9.80. The van der Waals surface area contributed by atoms with Gasteiger partial charge in [0.15, 0.2) is 0 Å². The number of phenolic OH excluding ortho intramolecular Hbond substituents is 1. The molecule has 0 aromatic heterocycles. The van der Waals surface area contributed by atoms with Gasteiger partial charge in [-0.3, -0.25) is 0 Å². The predicted octanol–water partition coefficient (Wildman–Crippen LogP) is 2.05. The molecule has 0 radical (unpaired) electrons. The number of ether oxygens (including phenoxy) is 1. The highest BCUT2D eigenvalue weighted by molar-refractivity contribution is 5.25. The summed E-state index contributed by atoms with van der Waals surface area (Å²) in [5.41, 5.74) is 1.26. The van der Waals surface area contributed by atoms with E-state index in [1.54, 1.807) is 19.2 Å². The number of aromatic hydroxyl groups is 1. The summed E-state index contributed by atoms with van der Waals surface area (Å²) < 4.78 is 5.53. The molecule has 1 aromatic carbocycles. The summed E-state index contributed by atoms with van der Waals surface area (Å²) in [6.07, 6.45) is 3.59. The number of methoxy groups -OCH3 is 1. The van der Waals surface area contributed by atoms with Crippen molar-refractivity contribution in [3.63, 3.8) is 0 Å². The van der Waals surface area contributed by atoms with E-state index in [1.807, 2.05) is 12.1 Å². The molecule has 3 nitrogen and oxygen atoms in total. The van der Waals surface area contributed by atoms with Crippen LogP contribution in [0.3, 0.4) is 0 Å². The first-order chi connectivity index (χ1) is 7.74. The number of hydrogen-bond donors (Lipinski definition) is 2. The normalized spacial score (nSPS) is 18.1. The molecule has 0 unspecified atom stereocenters. The van der Waals surface area contributed by atoms with Crippen molar-refractivity contribution in [2.45, 2.75) is 31.4 Å². The maximum Gasteiger partial charge on any atom is 0.115 e. The fourth-order valence-corrected chi connectivity index (χ4v) is 2.07. The highest BCUT2D eigenvalue weighted by atomic mass is 16.5. The van der Waals surface area contributed by atoms with Gasteiger partial charge in [0.2, 0.25) is 0 Å². The topological polar surface area (TPSA) is 41.5 Å². The van der Waals surface area contributed by atoms with Gasteiger partial charge in [0.25, 0.3) is 0 Å². The van der Waals surface area contributed by atoms with Crippen LogP contribution >= 0.6 is 0 Å². The van der Waals surface area contributed by atoms with Crippen LogP contribution in [-0.2, 0) is 11.3 Å². The molecule has 1 saturated carbocycles. The molecular formula is C13H19NO2. The average molecular weight is 221 g/mol. The summed E-state index contributed by atoms with van der Waals surface area (Å²) >= 11 is 0. The van der Waals surface area contributed by atoms with E-state index in [0.717, 1.165) is 25.9 Å². The van der Waals surface area contributed by atoms with Crippen LogP contribution in [0.4, 0.5) is 0 Å². The summed E-state index contributed by atoms with van der Waals surface area (Å²) in [5, 5.41) is 12.6. The Kier molecular flexibility index (Phi) is 3.46. The Balaban J connectivity index is 1.77. The van der Waals surface area contributed by atoms with Crippen LogP contribution in [0.1, 0.15) is 24.8 Å². The maximum atomic E-state index is 9.16. The molecule has 1 aliphatic rings. The van der Waals surface area contributed by atoms with Gasteiger partial charge in [0.1, 0.15) is 5.75 Å². The van der Waals surface area contributed by atoms with Crippen LogP contribution in [0.2, 0.25) is 0 Å². The molecule has 0 atom stereocenters. The molecule has 16 heavy (non-hydrogen) atoms. The highest BCUT2D eigenvalue weighted by Crippen LogP contribution is 2.34. The Bertz CT molecular complexity index is 325. The van der Waals surface area contributed by atoms with E-state index < -0.39 is 0 Å². The maximum absolute atomic E-state index is 9.16. The predicted molar refractivity (Wildman–Crippen MR) is 63.4 cm³/mol. The van der Waals surface area contributed by atoms with Gasteiger partial charge >= 0.3 is 0 Å². The van der Waals surface area contributed by atoms with Gasteiger partial charge in [-0.05, 0) is 37.0 Å². The van der Waals surface area contributed by atoms with Crippen molar-refractivity contribution in [1.29, 1.82) is 0 Å². The molecule has 0 aliphatic heterocycles. The van der Waals surface area contributed by atoms with Crippen molar-refractivity contribution < 1.29 is 9.84 Å². The smallest absolute Gasteiger partial charge is 0.115 e. The average Bonchev–Trinajstić information content (AvgIpc) is 2.25. The van der Waals surface area contributed by atoms with Crippen molar-refractivity contribution in [2.75, 3.05) is 13.7 Å². The zero-order valence-corrected chi connectivity index (χ0v) is 9.70. The van der Waals surface area contributed by atoms with Crippen molar-refractivity contribution in [3.8, 4) is 5.75 Å². The molecule has 1 aromatic rings. The summed E-state index contributed by atoms with van der Waals surface area (Å²) in [5.74, 6) is 0.316. The number of phenols is 1. The number of hydrogen-bond acceptors (Lipinski definition) is 3. The van der Waals surface area contributed by atoms with E-state index in [0.29, 0.717) is 5.75 Å². The molecule has 1 fully saturated rings. The van der Waals surface area contributed by atoms with E-state index in [4.69, 9.17) is 9.84 Å². The standard InChI is InChI=1S/C13H19NO2/c1-16-13(7-2-8-13)10-14-9-11-3-5-12(15)6-4-11/h3-6,14-15H,2,7-10H2,1H3. The second kappa shape index (κ2) is 4.85. The van der Waals surface area contributed by atoms with Crippen molar-refractivity contribution in [2.24, 2.45) is 0 Å². The SMILES string of the molecule is COC1(CNCc2ccc(O)cc2)CCC1. The monoisotopic (exact) mass is 221 g/mol. The summed E-state index contributed by atoms with van der Waals surface area (Å²) in [6, 6.07) is 7.30. The third kappa shape index (κ3) is 2.54. The van der Waals surface area contributed by atoms with Crippen LogP contribution < -0.4 is 5.32 Å². The Morgan fingerprint density at radius 3 is 2.50 bits per heavy atom. The van der Waals surface area contributed by atoms with Crippen molar-refractivity contribution in [3.05, 3.63) is 29.8 Å². The first-order valence-electron chi connectivity index (χ1n) is 5.78. The van der Waals surface area contributed by atoms with Crippen LogP contribution in [-0.4, -0.2) is 24.4 Å². The van der Waals surface area contributed by atoms with Crippen LogP contribution in [0.5, 0.6) is 5.75 Å². The molecule has 1 aliphatic carbocycles. The number of benzene rings is 1. The van der Waals surface area contributed by atoms with Gasteiger partial charge in [-0.1, -0.05) is 12.1 Å². The first-order valence-corrected chi connectivity index (χ1v) is 5.78. The van der Waals surface area contributed by atoms with Gasteiger partial charge in [-0.15, -0.1) is 0 Å². The third-order valence-electron chi connectivity index (χ3n) is 3.41. The molecule has 0 spiro atoms. The molecule has 3 heteroatoms. The lowest BCUT2D eigenvalue weighted by molar-refractivity contribution is -0.0695. The summed E-state index contributed by atoms with van der Waals surface area (Å²) in [7, 11) is 1.79. The van der Waals surface area contributed by atoms with Crippen molar-refractivity contribution in [1.82, 2.24) is 5.32 Å². The molecule has 2 rings (SSSR count). The zero-order chi connectivity index (χ0) is 11.4. The van der Waals surface area contributed by atoms with E-state index in [-0.39, 0.29) is 5.60 Å². The second-order valence-corrected chi connectivity index (χ2v) is 4.51. The lowest BCUT2D eigenvalue weighted by Gasteiger charge is -2.40. The van der Waals surface area contributed by atoms with Crippen molar-refractivity contribution >= 4 is 0 Å². The van der Waals surface area contributed by atoms with Crippen LogP contribution in [0.25, 0.3) is 0 Å². The number of rotatable bonds is 5. The van der Waals surface area contributed by atoms with E-state index in [1.165, 1.54) is 12.0 Å². The van der Waals surface area contributed by atoms with Gasteiger partial charge in [-0.2, -0.15) is 0 Å². The molecule has 2 N–H and O–H groups in total. The first kappa shape index (κ1) is 11.4. The number of nitrogens with one attached hydrogen (secondary N) is 1. The van der Waals surface area contributed by atoms with E-state index >= 15 is 0 Å².